The molecule has 0 N–H and O–H groups in total. The van der Waals surface area contributed by atoms with Crippen LogP contribution < -0.4 is 4.74 Å². The lowest BCUT2D eigenvalue weighted by molar-refractivity contribution is 0.0124. The largest absolute Gasteiger partial charge is 0.494 e. The van der Waals surface area contributed by atoms with Crippen molar-refractivity contribution in [1.82, 2.24) is 14.5 Å². The molecule has 2 unspecified atom stereocenters. The van der Waals surface area contributed by atoms with Gasteiger partial charge in [0.05, 0.1) is 18.9 Å². The Bertz CT molecular complexity index is 897. The summed E-state index contributed by atoms with van der Waals surface area (Å²) in [6.07, 6.45) is 3.85. The molecular formula is C21H29N3O4. The fourth-order valence-corrected chi connectivity index (χ4v) is 3.69. The lowest BCUT2D eigenvalue weighted by Gasteiger charge is -2.37. The van der Waals surface area contributed by atoms with E-state index in [1.807, 2.05) is 44.6 Å². The van der Waals surface area contributed by atoms with Crippen LogP contribution in [-0.2, 0) is 11.8 Å². The molecule has 2 aromatic heterocycles. The van der Waals surface area contributed by atoms with E-state index in [4.69, 9.17) is 9.47 Å². The van der Waals surface area contributed by atoms with Crippen molar-refractivity contribution in [2.45, 2.75) is 39.7 Å². The highest BCUT2D eigenvalue weighted by atomic mass is 16.6. The SMILES string of the molecule is COc1cnc2c(ccn2C)c1C(=O)C1CN(C(=O)OC(C)(C)C)CCC1C. The van der Waals surface area contributed by atoms with Crippen molar-refractivity contribution in [2.24, 2.45) is 18.9 Å². The Hall–Kier alpha value is -2.57. The van der Waals surface area contributed by atoms with Crippen molar-refractivity contribution < 1.29 is 19.1 Å². The third-order valence-corrected chi connectivity index (χ3v) is 5.27. The van der Waals surface area contributed by atoms with Gasteiger partial charge in [-0.15, -0.1) is 0 Å². The second kappa shape index (κ2) is 7.45. The lowest BCUT2D eigenvalue weighted by atomic mass is 9.81. The number of pyridine rings is 1. The van der Waals surface area contributed by atoms with Crippen molar-refractivity contribution in [1.29, 1.82) is 0 Å². The van der Waals surface area contributed by atoms with Crippen LogP contribution in [0.1, 0.15) is 44.5 Å². The summed E-state index contributed by atoms with van der Waals surface area (Å²) >= 11 is 0. The Morgan fingerprint density at radius 1 is 1.29 bits per heavy atom. The summed E-state index contributed by atoms with van der Waals surface area (Å²) in [6, 6.07) is 1.89. The molecule has 1 saturated heterocycles. The second-order valence-corrected chi connectivity index (χ2v) is 8.53. The van der Waals surface area contributed by atoms with Crippen molar-refractivity contribution in [3.05, 3.63) is 24.0 Å². The first kappa shape index (κ1) is 20.2. The molecule has 1 aliphatic heterocycles. The third kappa shape index (κ3) is 3.84. The van der Waals surface area contributed by atoms with E-state index in [-0.39, 0.29) is 23.7 Å². The van der Waals surface area contributed by atoms with Crippen LogP contribution >= 0.6 is 0 Å². The Kier molecular flexibility index (Phi) is 5.37. The second-order valence-electron chi connectivity index (χ2n) is 8.53. The molecule has 1 aliphatic rings. The third-order valence-electron chi connectivity index (χ3n) is 5.27. The number of methoxy groups -OCH3 is 1. The number of carbonyl (C=O) groups is 2. The minimum Gasteiger partial charge on any atom is -0.494 e. The number of ketones is 1. The van der Waals surface area contributed by atoms with Gasteiger partial charge in [-0.3, -0.25) is 4.79 Å². The number of hydrogen-bond donors (Lipinski definition) is 0. The van der Waals surface area contributed by atoms with Gasteiger partial charge >= 0.3 is 6.09 Å². The highest BCUT2D eigenvalue weighted by molar-refractivity contribution is 6.10. The maximum Gasteiger partial charge on any atom is 0.410 e. The predicted octanol–water partition coefficient (Wildman–Crippen LogP) is 3.66. The van der Waals surface area contributed by atoms with Crippen LogP contribution in [0.25, 0.3) is 11.0 Å². The van der Waals surface area contributed by atoms with Gasteiger partial charge < -0.3 is 18.9 Å². The number of Topliss-reactive ketones (excluding diaryl/α,β-unsaturated/α-hetero) is 1. The van der Waals surface area contributed by atoms with E-state index in [0.717, 1.165) is 17.5 Å². The van der Waals surface area contributed by atoms with Crippen LogP contribution in [0.4, 0.5) is 4.79 Å². The molecule has 3 rings (SSSR count). The van der Waals surface area contributed by atoms with Gasteiger partial charge in [-0.25, -0.2) is 9.78 Å². The van der Waals surface area contributed by atoms with Crippen LogP contribution in [0, 0.1) is 11.8 Å². The average Bonchev–Trinajstić information content (AvgIpc) is 3.00. The van der Waals surface area contributed by atoms with E-state index in [1.165, 1.54) is 0 Å². The maximum absolute atomic E-state index is 13.6. The monoisotopic (exact) mass is 387 g/mol. The first-order valence-electron chi connectivity index (χ1n) is 9.62. The molecule has 0 aliphatic carbocycles. The van der Waals surface area contributed by atoms with Crippen molar-refractivity contribution in [3.63, 3.8) is 0 Å². The number of aromatic nitrogens is 2. The van der Waals surface area contributed by atoms with Gasteiger partial charge in [-0.2, -0.15) is 0 Å². The highest BCUT2D eigenvalue weighted by Crippen LogP contribution is 2.34. The zero-order valence-electron chi connectivity index (χ0n) is 17.5. The zero-order valence-corrected chi connectivity index (χ0v) is 17.5. The summed E-state index contributed by atoms with van der Waals surface area (Å²) in [5, 5.41) is 0.772. The van der Waals surface area contributed by atoms with Crippen molar-refractivity contribution >= 4 is 22.9 Å². The first-order chi connectivity index (χ1) is 13.1. The summed E-state index contributed by atoms with van der Waals surface area (Å²) in [4.78, 5) is 32.1. The van der Waals surface area contributed by atoms with Crippen LogP contribution in [0.5, 0.6) is 5.75 Å². The van der Waals surface area contributed by atoms with Gasteiger partial charge in [0.25, 0.3) is 0 Å². The van der Waals surface area contributed by atoms with E-state index in [0.29, 0.717) is 24.4 Å². The molecule has 2 atom stereocenters. The molecule has 0 bridgehead atoms. The van der Waals surface area contributed by atoms with E-state index < -0.39 is 5.60 Å². The summed E-state index contributed by atoms with van der Waals surface area (Å²) < 4.78 is 12.8. The van der Waals surface area contributed by atoms with Crippen LogP contribution in [0.15, 0.2) is 18.5 Å². The van der Waals surface area contributed by atoms with Gasteiger partial charge in [0.15, 0.2) is 5.78 Å². The Morgan fingerprint density at radius 2 is 2.00 bits per heavy atom. The number of piperidine rings is 1. The number of aryl methyl sites for hydroxylation is 1. The van der Waals surface area contributed by atoms with Gasteiger partial charge in [-0.05, 0) is 39.2 Å². The molecule has 7 nitrogen and oxygen atoms in total. The Balaban J connectivity index is 1.93. The fraction of sp³-hybridized carbons (Fsp3) is 0.571. The molecular weight excluding hydrogens is 358 g/mol. The van der Waals surface area contributed by atoms with E-state index in [9.17, 15) is 9.59 Å². The Morgan fingerprint density at radius 3 is 2.64 bits per heavy atom. The van der Waals surface area contributed by atoms with E-state index in [1.54, 1.807) is 18.2 Å². The van der Waals surface area contributed by atoms with Gasteiger partial charge in [0.2, 0.25) is 0 Å². The quantitative estimate of drug-likeness (QED) is 0.752. The summed E-state index contributed by atoms with van der Waals surface area (Å²) in [5.74, 6) is 0.283. The van der Waals surface area contributed by atoms with Gasteiger partial charge in [0, 0.05) is 37.6 Å². The van der Waals surface area contributed by atoms with Gasteiger partial charge in [-0.1, -0.05) is 6.92 Å². The summed E-state index contributed by atoms with van der Waals surface area (Å²) in [5.41, 5.74) is 0.706. The van der Waals surface area contributed by atoms with Crippen LogP contribution in [0.2, 0.25) is 0 Å². The van der Waals surface area contributed by atoms with Crippen molar-refractivity contribution in [3.8, 4) is 5.75 Å². The molecule has 2 aromatic rings. The standard InChI is InChI=1S/C21H29N3O4/c1-13-7-10-24(20(26)28-21(2,3)4)12-15(13)18(25)17-14-8-9-23(5)19(14)22-11-16(17)27-6/h8-9,11,13,15H,7,10,12H2,1-6H3. The van der Waals surface area contributed by atoms with E-state index in [2.05, 4.69) is 11.9 Å². The molecule has 7 heteroatoms. The topological polar surface area (TPSA) is 73.7 Å². The predicted molar refractivity (Wildman–Crippen MR) is 107 cm³/mol. The average molecular weight is 387 g/mol. The molecule has 0 radical (unpaired) electrons. The Labute approximate surface area is 165 Å². The van der Waals surface area contributed by atoms with Crippen LogP contribution in [-0.4, -0.2) is 52.1 Å². The van der Waals surface area contributed by atoms with Crippen molar-refractivity contribution in [2.75, 3.05) is 20.2 Å². The highest BCUT2D eigenvalue weighted by Gasteiger charge is 2.37. The zero-order chi connectivity index (χ0) is 20.6. The molecule has 3 heterocycles. The molecule has 0 saturated carbocycles. The normalized spacial score (nSPS) is 20.3. The number of likely N-dealkylation sites (tertiary alicyclic amines) is 1. The summed E-state index contributed by atoms with van der Waals surface area (Å²) in [6.45, 7) is 8.52. The minimum atomic E-state index is -0.565. The number of nitrogens with zero attached hydrogens (tertiary/aromatic N) is 3. The summed E-state index contributed by atoms with van der Waals surface area (Å²) in [7, 11) is 3.43. The fourth-order valence-electron chi connectivity index (χ4n) is 3.69. The maximum atomic E-state index is 13.6. The molecule has 0 aromatic carbocycles. The molecule has 28 heavy (non-hydrogen) atoms. The lowest BCUT2D eigenvalue weighted by Crippen LogP contribution is -2.47. The first-order valence-corrected chi connectivity index (χ1v) is 9.62. The van der Waals surface area contributed by atoms with E-state index >= 15 is 0 Å². The number of rotatable bonds is 3. The van der Waals surface area contributed by atoms with Gasteiger partial charge in [0.1, 0.15) is 17.0 Å². The molecule has 0 spiro atoms. The number of fused-ring (bicyclic) bond motifs is 1. The smallest absolute Gasteiger partial charge is 0.410 e. The molecule has 1 fully saturated rings. The molecule has 1 amide bonds. The number of ether oxygens (including phenoxy) is 2. The number of hydrogen-bond acceptors (Lipinski definition) is 5. The minimum absolute atomic E-state index is 0.0174. The number of carbonyl (C=O) groups excluding carboxylic acids is 2. The number of amides is 1. The van der Waals surface area contributed by atoms with Crippen LogP contribution in [0.3, 0.4) is 0 Å². The molecule has 152 valence electrons.